The fourth-order valence-corrected chi connectivity index (χ4v) is 2.44. The van der Waals surface area contributed by atoms with E-state index in [4.69, 9.17) is 17.3 Å². The summed E-state index contributed by atoms with van der Waals surface area (Å²) < 4.78 is 0. The number of carbonyl (C=O) groups excluding carboxylic acids is 1. The van der Waals surface area contributed by atoms with Crippen LogP contribution in [0.1, 0.15) is 28.4 Å². The van der Waals surface area contributed by atoms with Gasteiger partial charge >= 0.3 is 0 Å². The van der Waals surface area contributed by atoms with Crippen molar-refractivity contribution in [2.45, 2.75) is 26.3 Å². The van der Waals surface area contributed by atoms with Gasteiger partial charge in [0.2, 0.25) is 0 Å². The van der Waals surface area contributed by atoms with Crippen LogP contribution in [0.4, 0.5) is 5.69 Å². The summed E-state index contributed by atoms with van der Waals surface area (Å²) in [5, 5.41) is 3.50. The molecule has 1 atom stereocenters. The van der Waals surface area contributed by atoms with Crippen LogP contribution in [0, 0.1) is 6.92 Å². The predicted molar refractivity (Wildman–Crippen MR) is 87.7 cm³/mol. The first-order chi connectivity index (χ1) is 9.97. The monoisotopic (exact) mass is 302 g/mol. The van der Waals surface area contributed by atoms with Crippen molar-refractivity contribution in [2.75, 3.05) is 5.73 Å². The number of amides is 1. The van der Waals surface area contributed by atoms with Crippen LogP contribution in [0.25, 0.3) is 0 Å². The van der Waals surface area contributed by atoms with Crippen molar-refractivity contribution in [3.8, 4) is 0 Å². The van der Waals surface area contributed by atoms with Gasteiger partial charge in [0.05, 0.1) is 5.56 Å². The van der Waals surface area contributed by atoms with Gasteiger partial charge in [-0.25, -0.2) is 0 Å². The van der Waals surface area contributed by atoms with Gasteiger partial charge in [0, 0.05) is 16.8 Å². The van der Waals surface area contributed by atoms with E-state index in [2.05, 4.69) is 24.4 Å². The van der Waals surface area contributed by atoms with Crippen molar-refractivity contribution in [3.05, 3.63) is 64.2 Å². The van der Waals surface area contributed by atoms with Gasteiger partial charge in [-0.3, -0.25) is 4.79 Å². The average molecular weight is 303 g/mol. The van der Waals surface area contributed by atoms with E-state index in [1.54, 1.807) is 18.2 Å². The third-order valence-electron chi connectivity index (χ3n) is 3.42. The third-order valence-corrected chi connectivity index (χ3v) is 3.66. The lowest BCUT2D eigenvalue weighted by molar-refractivity contribution is 0.0941. The zero-order valence-electron chi connectivity index (χ0n) is 12.2. The van der Waals surface area contributed by atoms with E-state index in [-0.39, 0.29) is 11.9 Å². The van der Waals surface area contributed by atoms with Crippen molar-refractivity contribution < 1.29 is 4.79 Å². The first-order valence-electron chi connectivity index (χ1n) is 6.87. The Morgan fingerprint density at radius 2 is 2.00 bits per heavy atom. The van der Waals surface area contributed by atoms with Crippen LogP contribution in [0.3, 0.4) is 0 Å². The number of nitrogen functional groups attached to an aromatic ring is 1. The molecule has 0 saturated heterocycles. The Bertz CT molecular complexity index is 655. The second-order valence-electron chi connectivity index (χ2n) is 5.24. The number of carbonyl (C=O) groups is 1. The Kier molecular flexibility index (Phi) is 4.86. The molecule has 2 aromatic rings. The van der Waals surface area contributed by atoms with E-state index in [9.17, 15) is 4.79 Å². The normalized spacial score (nSPS) is 12.0. The summed E-state index contributed by atoms with van der Waals surface area (Å²) in [5.74, 6) is -0.176. The molecule has 0 saturated carbocycles. The third kappa shape index (κ3) is 3.99. The van der Waals surface area contributed by atoms with Crippen molar-refractivity contribution >= 4 is 23.2 Å². The second-order valence-corrected chi connectivity index (χ2v) is 5.67. The second kappa shape index (κ2) is 6.64. The molecule has 0 bridgehead atoms. The highest BCUT2D eigenvalue weighted by Crippen LogP contribution is 2.18. The molecule has 0 heterocycles. The van der Waals surface area contributed by atoms with E-state index in [1.807, 2.05) is 19.1 Å². The lowest BCUT2D eigenvalue weighted by Gasteiger charge is -2.16. The summed E-state index contributed by atoms with van der Waals surface area (Å²) in [7, 11) is 0. The molecule has 2 aromatic carbocycles. The molecule has 21 heavy (non-hydrogen) atoms. The maximum Gasteiger partial charge on any atom is 0.253 e. The summed E-state index contributed by atoms with van der Waals surface area (Å²) in [5.41, 5.74) is 9.13. The number of nitrogens with two attached hydrogens (primary N) is 1. The number of hydrogen-bond acceptors (Lipinski definition) is 2. The van der Waals surface area contributed by atoms with Crippen LogP contribution in [0.15, 0.2) is 42.5 Å². The molecule has 0 aliphatic rings. The Morgan fingerprint density at radius 1 is 1.29 bits per heavy atom. The van der Waals surface area contributed by atoms with E-state index in [0.29, 0.717) is 16.3 Å². The number of aryl methyl sites for hydroxylation is 1. The highest BCUT2D eigenvalue weighted by molar-refractivity contribution is 6.31. The minimum atomic E-state index is -0.176. The van der Waals surface area contributed by atoms with E-state index >= 15 is 0 Å². The van der Waals surface area contributed by atoms with Gasteiger partial charge in [-0.15, -0.1) is 0 Å². The number of hydrogen-bond donors (Lipinski definition) is 2. The van der Waals surface area contributed by atoms with E-state index in [0.717, 1.165) is 6.42 Å². The molecule has 1 amide bonds. The van der Waals surface area contributed by atoms with Crippen molar-refractivity contribution in [3.63, 3.8) is 0 Å². The molecule has 0 fully saturated rings. The minimum absolute atomic E-state index is 0.0219. The Labute approximate surface area is 130 Å². The lowest BCUT2D eigenvalue weighted by Crippen LogP contribution is -2.34. The number of benzene rings is 2. The molecule has 4 heteroatoms. The Balaban J connectivity index is 2.04. The SMILES string of the molecule is Cc1ccccc1CC(C)NC(=O)c1ccc(Cl)cc1N. The van der Waals surface area contributed by atoms with Crippen LogP contribution in [-0.4, -0.2) is 11.9 Å². The van der Waals surface area contributed by atoms with Gasteiger partial charge in [-0.05, 0) is 49.6 Å². The molecule has 0 aromatic heterocycles. The first-order valence-corrected chi connectivity index (χ1v) is 7.25. The van der Waals surface area contributed by atoms with Gasteiger partial charge in [-0.1, -0.05) is 35.9 Å². The molecule has 110 valence electrons. The molecule has 0 aliphatic heterocycles. The Hall–Kier alpha value is -2.00. The average Bonchev–Trinajstić information content (AvgIpc) is 2.41. The molecule has 2 rings (SSSR count). The van der Waals surface area contributed by atoms with Gasteiger partial charge in [0.25, 0.3) is 5.91 Å². The van der Waals surface area contributed by atoms with E-state index < -0.39 is 0 Å². The summed E-state index contributed by atoms with van der Waals surface area (Å²) in [6.07, 6.45) is 0.784. The quantitative estimate of drug-likeness (QED) is 0.848. The maximum absolute atomic E-state index is 12.2. The highest BCUT2D eigenvalue weighted by Gasteiger charge is 2.13. The fourth-order valence-electron chi connectivity index (χ4n) is 2.26. The van der Waals surface area contributed by atoms with Gasteiger partial charge in [0.1, 0.15) is 0 Å². The van der Waals surface area contributed by atoms with Gasteiger partial charge in [0.15, 0.2) is 0 Å². The summed E-state index contributed by atoms with van der Waals surface area (Å²) in [4.78, 5) is 12.2. The van der Waals surface area contributed by atoms with Crippen LogP contribution in [0.2, 0.25) is 5.02 Å². The molecule has 0 spiro atoms. The van der Waals surface area contributed by atoms with Gasteiger partial charge < -0.3 is 11.1 Å². The molecule has 0 radical (unpaired) electrons. The molecule has 0 aliphatic carbocycles. The maximum atomic E-state index is 12.2. The number of anilines is 1. The zero-order valence-corrected chi connectivity index (χ0v) is 12.9. The van der Waals surface area contributed by atoms with Crippen molar-refractivity contribution in [1.29, 1.82) is 0 Å². The largest absolute Gasteiger partial charge is 0.398 e. The molecular formula is C17H19ClN2O. The number of nitrogens with one attached hydrogen (secondary N) is 1. The fraction of sp³-hybridized carbons (Fsp3) is 0.235. The summed E-state index contributed by atoms with van der Waals surface area (Å²) in [6.45, 7) is 4.05. The summed E-state index contributed by atoms with van der Waals surface area (Å²) in [6, 6.07) is 13.1. The predicted octanol–water partition coefficient (Wildman–Crippen LogP) is 3.59. The smallest absolute Gasteiger partial charge is 0.253 e. The first kappa shape index (κ1) is 15.4. The molecule has 3 N–H and O–H groups in total. The highest BCUT2D eigenvalue weighted by atomic mass is 35.5. The zero-order chi connectivity index (χ0) is 15.4. The van der Waals surface area contributed by atoms with Crippen LogP contribution >= 0.6 is 11.6 Å². The van der Waals surface area contributed by atoms with E-state index in [1.165, 1.54) is 11.1 Å². The van der Waals surface area contributed by atoms with Crippen molar-refractivity contribution in [1.82, 2.24) is 5.32 Å². The Morgan fingerprint density at radius 3 is 2.67 bits per heavy atom. The number of halogens is 1. The molecular weight excluding hydrogens is 284 g/mol. The standard InChI is InChI=1S/C17H19ClN2O/c1-11-5-3-4-6-13(11)9-12(2)20-17(21)15-8-7-14(18)10-16(15)19/h3-8,10,12H,9,19H2,1-2H3,(H,20,21). The summed E-state index contributed by atoms with van der Waals surface area (Å²) >= 11 is 5.84. The topological polar surface area (TPSA) is 55.1 Å². The van der Waals surface area contributed by atoms with Crippen LogP contribution < -0.4 is 11.1 Å². The minimum Gasteiger partial charge on any atom is -0.398 e. The van der Waals surface area contributed by atoms with Crippen LogP contribution in [0.5, 0.6) is 0 Å². The number of rotatable bonds is 4. The molecule has 1 unspecified atom stereocenters. The van der Waals surface area contributed by atoms with Crippen LogP contribution in [-0.2, 0) is 6.42 Å². The lowest BCUT2D eigenvalue weighted by atomic mass is 10.0. The van der Waals surface area contributed by atoms with Crippen molar-refractivity contribution in [2.24, 2.45) is 0 Å². The molecule has 3 nitrogen and oxygen atoms in total. The van der Waals surface area contributed by atoms with Gasteiger partial charge in [-0.2, -0.15) is 0 Å².